The van der Waals surface area contributed by atoms with E-state index in [-0.39, 0.29) is 17.1 Å². The molecule has 3 aromatic rings. The molecule has 102 valence electrons. The summed E-state index contributed by atoms with van der Waals surface area (Å²) in [5.41, 5.74) is 1.38. The van der Waals surface area contributed by atoms with Gasteiger partial charge in [0.05, 0.1) is 6.20 Å². The fourth-order valence-corrected chi connectivity index (χ4v) is 2.20. The van der Waals surface area contributed by atoms with Crippen LogP contribution in [0.2, 0.25) is 0 Å². The number of hydrogen-bond acceptors (Lipinski definition) is 3. The van der Waals surface area contributed by atoms with E-state index in [1.807, 2.05) is 0 Å². The maximum absolute atomic E-state index is 13.2. The van der Waals surface area contributed by atoms with Crippen LogP contribution in [0.4, 0.5) is 8.78 Å². The molecule has 0 saturated heterocycles. The third-order valence-corrected chi connectivity index (χ3v) is 3.23. The lowest BCUT2D eigenvalue weighted by atomic mass is 10.0. The van der Waals surface area contributed by atoms with Crippen molar-refractivity contribution in [2.24, 2.45) is 0 Å². The Hall–Kier alpha value is -2.27. The van der Waals surface area contributed by atoms with Gasteiger partial charge in [0.1, 0.15) is 29.1 Å². The number of hydrogen-bond donors (Lipinski definition) is 1. The van der Waals surface area contributed by atoms with Gasteiger partial charge in [0.15, 0.2) is 0 Å². The quantitative estimate of drug-likeness (QED) is 0.778. The zero-order valence-electron chi connectivity index (χ0n) is 10.6. The third-order valence-electron chi connectivity index (χ3n) is 3.23. The minimum absolute atomic E-state index is 0.262. The second kappa shape index (κ2) is 4.68. The van der Waals surface area contributed by atoms with Crippen molar-refractivity contribution in [3.8, 4) is 0 Å². The molecule has 20 heavy (non-hydrogen) atoms. The number of pyridine rings is 1. The van der Waals surface area contributed by atoms with E-state index in [0.29, 0.717) is 16.5 Å². The second-order valence-electron chi connectivity index (χ2n) is 4.57. The van der Waals surface area contributed by atoms with Gasteiger partial charge in [-0.05, 0) is 31.2 Å². The van der Waals surface area contributed by atoms with Gasteiger partial charge in [-0.3, -0.25) is 4.98 Å². The zero-order valence-corrected chi connectivity index (χ0v) is 10.6. The van der Waals surface area contributed by atoms with Gasteiger partial charge in [0, 0.05) is 22.7 Å². The summed E-state index contributed by atoms with van der Waals surface area (Å²) in [6.45, 7) is 1.72. The molecule has 2 heterocycles. The number of aliphatic hydroxyl groups excluding tert-OH is 1. The van der Waals surface area contributed by atoms with E-state index in [1.165, 1.54) is 30.5 Å². The second-order valence-corrected chi connectivity index (χ2v) is 4.57. The molecule has 1 aromatic carbocycles. The molecule has 2 aromatic heterocycles. The van der Waals surface area contributed by atoms with Gasteiger partial charge in [-0.25, -0.2) is 8.78 Å². The number of fused-ring (bicyclic) bond motifs is 1. The van der Waals surface area contributed by atoms with Crippen LogP contribution in [0, 0.1) is 18.6 Å². The van der Waals surface area contributed by atoms with Crippen LogP contribution in [0.3, 0.4) is 0 Å². The molecule has 0 aliphatic carbocycles. The fraction of sp³-hybridized carbons (Fsp3) is 0.133. The van der Waals surface area contributed by atoms with Gasteiger partial charge in [0.2, 0.25) is 0 Å². The van der Waals surface area contributed by atoms with E-state index < -0.39 is 11.9 Å². The van der Waals surface area contributed by atoms with Crippen LogP contribution in [-0.4, -0.2) is 10.1 Å². The molecular formula is C15H11F2NO2. The van der Waals surface area contributed by atoms with Crippen molar-refractivity contribution >= 4 is 11.0 Å². The van der Waals surface area contributed by atoms with Crippen molar-refractivity contribution in [1.29, 1.82) is 0 Å². The number of aromatic nitrogens is 1. The largest absolute Gasteiger partial charge is 0.458 e. The molecule has 3 nitrogen and oxygen atoms in total. The summed E-state index contributed by atoms with van der Waals surface area (Å²) in [6.07, 6.45) is 1.27. The van der Waals surface area contributed by atoms with E-state index in [2.05, 4.69) is 4.98 Å². The lowest BCUT2D eigenvalue weighted by Crippen LogP contribution is -2.01. The average molecular weight is 275 g/mol. The Kier molecular flexibility index (Phi) is 2.99. The van der Waals surface area contributed by atoms with Gasteiger partial charge in [0.25, 0.3) is 0 Å². The van der Waals surface area contributed by atoms with E-state index in [0.717, 1.165) is 6.20 Å². The topological polar surface area (TPSA) is 46.3 Å². The molecule has 0 fully saturated rings. The van der Waals surface area contributed by atoms with Crippen LogP contribution in [0.1, 0.15) is 23.0 Å². The first kappa shape index (κ1) is 12.7. The normalized spacial score (nSPS) is 12.8. The van der Waals surface area contributed by atoms with Crippen LogP contribution < -0.4 is 0 Å². The number of nitrogens with zero attached hydrogens (tertiary/aromatic N) is 1. The summed E-state index contributed by atoms with van der Waals surface area (Å²) in [4.78, 5) is 3.69. The maximum atomic E-state index is 13.2. The van der Waals surface area contributed by atoms with Gasteiger partial charge in [-0.2, -0.15) is 0 Å². The summed E-state index contributed by atoms with van der Waals surface area (Å²) in [5, 5.41) is 10.9. The van der Waals surface area contributed by atoms with Crippen LogP contribution >= 0.6 is 0 Å². The molecule has 0 bridgehead atoms. The molecule has 5 heteroatoms. The van der Waals surface area contributed by atoms with Crippen molar-refractivity contribution < 1.29 is 18.3 Å². The molecule has 1 unspecified atom stereocenters. The smallest absolute Gasteiger partial charge is 0.141 e. The summed E-state index contributed by atoms with van der Waals surface area (Å²) in [5.74, 6) is -0.658. The first-order chi connectivity index (χ1) is 9.56. The summed E-state index contributed by atoms with van der Waals surface area (Å²) < 4.78 is 31.9. The van der Waals surface area contributed by atoms with E-state index >= 15 is 0 Å². The van der Waals surface area contributed by atoms with Crippen molar-refractivity contribution in [3.05, 3.63) is 65.2 Å². The molecule has 0 spiro atoms. The first-order valence-corrected chi connectivity index (χ1v) is 6.03. The standard InChI is InChI=1S/C15H11F2NO2/c1-8-12-5-10(16)2-3-13(12)20-15(8)14(19)9-4-11(17)7-18-6-9/h2-7,14,19H,1H3. The number of rotatable bonds is 2. The van der Waals surface area contributed by atoms with Gasteiger partial charge in [-0.15, -0.1) is 0 Å². The number of benzene rings is 1. The zero-order chi connectivity index (χ0) is 14.3. The molecule has 3 rings (SSSR count). The molecule has 0 aliphatic heterocycles. The Morgan fingerprint density at radius 1 is 1.15 bits per heavy atom. The lowest BCUT2D eigenvalue weighted by Gasteiger charge is -2.08. The van der Waals surface area contributed by atoms with Crippen LogP contribution in [0.25, 0.3) is 11.0 Å². The van der Waals surface area contributed by atoms with Crippen molar-refractivity contribution in [2.45, 2.75) is 13.0 Å². The highest BCUT2D eigenvalue weighted by Crippen LogP contribution is 2.32. The lowest BCUT2D eigenvalue weighted by molar-refractivity contribution is 0.190. The Labute approximate surface area is 113 Å². The number of halogens is 2. The molecular weight excluding hydrogens is 264 g/mol. The Morgan fingerprint density at radius 3 is 2.70 bits per heavy atom. The van der Waals surface area contributed by atoms with Gasteiger partial charge in [-0.1, -0.05) is 0 Å². The number of aliphatic hydroxyl groups is 1. The van der Waals surface area contributed by atoms with Crippen molar-refractivity contribution in [2.75, 3.05) is 0 Å². The van der Waals surface area contributed by atoms with Crippen LogP contribution in [-0.2, 0) is 0 Å². The number of aryl methyl sites for hydroxylation is 1. The van der Waals surface area contributed by atoms with Crippen molar-refractivity contribution in [1.82, 2.24) is 4.98 Å². The molecule has 0 radical (unpaired) electrons. The predicted molar refractivity (Wildman–Crippen MR) is 69.2 cm³/mol. The Morgan fingerprint density at radius 2 is 1.95 bits per heavy atom. The average Bonchev–Trinajstić information content (AvgIpc) is 2.75. The summed E-state index contributed by atoms with van der Waals surface area (Å²) >= 11 is 0. The molecule has 0 aliphatic rings. The van der Waals surface area contributed by atoms with Crippen LogP contribution in [0.5, 0.6) is 0 Å². The predicted octanol–water partition coefficient (Wildman–Crippen LogP) is 3.50. The van der Waals surface area contributed by atoms with Crippen LogP contribution in [0.15, 0.2) is 41.1 Å². The van der Waals surface area contributed by atoms with Crippen molar-refractivity contribution in [3.63, 3.8) is 0 Å². The fourth-order valence-electron chi connectivity index (χ4n) is 2.20. The highest BCUT2D eigenvalue weighted by atomic mass is 19.1. The van der Waals surface area contributed by atoms with Gasteiger partial charge >= 0.3 is 0 Å². The molecule has 1 atom stereocenters. The van der Waals surface area contributed by atoms with E-state index in [1.54, 1.807) is 6.92 Å². The molecule has 1 N–H and O–H groups in total. The molecule has 0 saturated carbocycles. The minimum Gasteiger partial charge on any atom is -0.458 e. The highest BCUT2D eigenvalue weighted by Gasteiger charge is 2.20. The van der Waals surface area contributed by atoms with E-state index in [9.17, 15) is 13.9 Å². The Bertz CT molecular complexity index is 783. The Balaban J connectivity index is 2.12. The molecule has 0 amide bonds. The summed E-state index contributed by atoms with van der Waals surface area (Å²) in [6, 6.07) is 5.31. The minimum atomic E-state index is -1.14. The summed E-state index contributed by atoms with van der Waals surface area (Å²) in [7, 11) is 0. The number of furan rings is 1. The SMILES string of the molecule is Cc1c(C(O)c2cncc(F)c2)oc2ccc(F)cc12. The highest BCUT2D eigenvalue weighted by molar-refractivity contribution is 5.82. The first-order valence-electron chi connectivity index (χ1n) is 6.03. The third kappa shape index (κ3) is 2.06. The van der Waals surface area contributed by atoms with E-state index in [4.69, 9.17) is 4.42 Å². The van der Waals surface area contributed by atoms with Gasteiger partial charge < -0.3 is 9.52 Å². The monoisotopic (exact) mass is 275 g/mol. The maximum Gasteiger partial charge on any atom is 0.141 e.